The average Bonchev–Trinajstić information content (AvgIpc) is 3.91. The van der Waals surface area contributed by atoms with Crippen molar-refractivity contribution in [1.82, 2.24) is 0 Å². The summed E-state index contributed by atoms with van der Waals surface area (Å²) in [5.74, 6) is 0.986. The van der Waals surface area contributed by atoms with Crippen molar-refractivity contribution in [2.45, 2.75) is 158 Å². The van der Waals surface area contributed by atoms with Crippen LogP contribution < -0.4 is 16.0 Å². The molecule has 0 saturated carbocycles. The number of nitrogens with zero attached hydrogens (tertiary/aromatic N) is 3. The predicted octanol–water partition coefficient (Wildman–Crippen LogP) is 10.4. The Kier molecular flexibility index (Phi) is 15.4. The number of carbonyl (C=O) groups is 3. The van der Waals surface area contributed by atoms with E-state index in [1.807, 2.05) is 6.07 Å². The molecule has 0 spiro atoms. The van der Waals surface area contributed by atoms with E-state index in [1.165, 1.54) is 16.7 Å². The second-order valence-corrected chi connectivity index (χ2v) is 20.0. The van der Waals surface area contributed by atoms with Gasteiger partial charge in [0.15, 0.2) is 18.1 Å². The molecule has 3 heterocycles. The smallest absolute Gasteiger partial charge is 0.282 e. The molecule has 9 nitrogen and oxygen atoms in total. The molecule has 344 valence electrons. The third-order valence-electron chi connectivity index (χ3n) is 17.0. The van der Waals surface area contributed by atoms with E-state index in [2.05, 4.69) is 135 Å². The molecule has 3 amide bonds. The quantitative estimate of drug-likeness (QED) is 0.125. The zero-order valence-corrected chi connectivity index (χ0v) is 41.3. The molecule has 3 aliphatic heterocycles. The standard InChI is InChI=1S/C54H80N6O3/c1-13-46(52(61)55-49-36(7)22-19-23-37(49)8)59(17-5)32-20-24-42(34-59)44-28-26-38(9)50(40(44)11)56-53(62)47(14-2)60(18-6)33-30-43(35-60)45-29-27-39(10)51(41(45)12)57-54(63)48-25-21-31-58(48,15-3)16-4/h19,22-23,26-29,42-43,46-48H,13-18,20-21,24-25,30-35H2,1-12H3/p+3. The molecule has 0 aliphatic carbocycles. The van der Waals surface area contributed by atoms with E-state index >= 15 is 0 Å². The summed E-state index contributed by atoms with van der Waals surface area (Å²) in [7, 11) is 0. The Morgan fingerprint density at radius 1 is 0.540 bits per heavy atom. The lowest BCUT2D eigenvalue weighted by Gasteiger charge is -2.48. The number of rotatable bonds is 16. The zero-order valence-electron chi connectivity index (χ0n) is 41.3. The Bertz CT molecular complexity index is 2120. The summed E-state index contributed by atoms with van der Waals surface area (Å²) < 4.78 is 2.41. The van der Waals surface area contributed by atoms with Gasteiger partial charge in [-0.3, -0.25) is 14.4 Å². The number of benzene rings is 3. The molecule has 3 aromatic carbocycles. The minimum Gasteiger partial charge on any atom is -0.320 e. The van der Waals surface area contributed by atoms with Crippen molar-refractivity contribution in [2.75, 3.05) is 74.9 Å². The normalized spacial score (nSPS) is 25.4. The highest BCUT2D eigenvalue weighted by atomic mass is 16.2. The van der Waals surface area contributed by atoms with Crippen LogP contribution >= 0.6 is 0 Å². The minimum atomic E-state index is -0.177. The summed E-state index contributed by atoms with van der Waals surface area (Å²) in [6.45, 7) is 34.6. The van der Waals surface area contributed by atoms with Crippen LogP contribution in [0, 0.1) is 41.5 Å². The third kappa shape index (κ3) is 9.26. The molecule has 3 aromatic rings. The maximum absolute atomic E-state index is 14.8. The highest BCUT2D eigenvalue weighted by Gasteiger charge is 2.48. The molecule has 0 radical (unpaired) electrons. The Morgan fingerprint density at radius 2 is 1.00 bits per heavy atom. The van der Waals surface area contributed by atoms with Crippen molar-refractivity contribution >= 4 is 34.8 Å². The Labute approximate surface area is 381 Å². The van der Waals surface area contributed by atoms with E-state index in [1.54, 1.807) is 0 Å². The predicted molar refractivity (Wildman–Crippen MR) is 261 cm³/mol. The van der Waals surface area contributed by atoms with Crippen LogP contribution in [0.25, 0.3) is 0 Å². The minimum absolute atomic E-state index is 0.00234. The molecule has 3 N–H and O–H groups in total. The number of piperidine rings is 1. The molecule has 3 aliphatic rings. The summed E-state index contributed by atoms with van der Waals surface area (Å²) in [5.41, 5.74) is 12.2. The second-order valence-electron chi connectivity index (χ2n) is 20.0. The maximum atomic E-state index is 14.8. The van der Waals surface area contributed by atoms with Crippen LogP contribution in [0.3, 0.4) is 0 Å². The van der Waals surface area contributed by atoms with Crippen molar-refractivity contribution < 1.29 is 27.8 Å². The first-order valence-corrected chi connectivity index (χ1v) is 24.8. The fourth-order valence-electron chi connectivity index (χ4n) is 13.1. The maximum Gasteiger partial charge on any atom is 0.282 e. The van der Waals surface area contributed by atoms with Gasteiger partial charge in [0.05, 0.1) is 58.9 Å². The first kappa shape index (κ1) is 48.4. The molecular formula is C54H83N6O3+3. The molecule has 63 heavy (non-hydrogen) atoms. The van der Waals surface area contributed by atoms with Gasteiger partial charge in [0.1, 0.15) is 0 Å². The van der Waals surface area contributed by atoms with Crippen LogP contribution in [0.15, 0.2) is 42.5 Å². The van der Waals surface area contributed by atoms with Crippen LogP contribution in [0.5, 0.6) is 0 Å². The largest absolute Gasteiger partial charge is 0.320 e. The molecule has 7 unspecified atom stereocenters. The van der Waals surface area contributed by atoms with Gasteiger partial charge < -0.3 is 29.4 Å². The Morgan fingerprint density at radius 3 is 1.51 bits per heavy atom. The molecule has 7 atom stereocenters. The van der Waals surface area contributed by atoms with Gasteiger partial charge in [-0.25, -0.2) is 0 Å². The SMILES string of the molecule is CCC(C(=O)Nc1c(C)cccc1C)[N+]1(CC)CCCC(c2ccc(C)c(NC(=O)C(CC)[N+]3(CC)CCC(c4ccc(C)c(NC(=O)C5CCC[N+]5(CC)CC)c4C)C3)c2C)C1. The van der Waals surface area contributed by atoms with Crippen LogP contribution in [0.4, 0.5) is 17.1 Å². The number of carbonyl (C=O) groups excluding carboxylic acids is 3. The van der Waals surface area contributed by atoms with Crippen molar-refractivity contribution in [2.24, 2.45) is 0 Å². The number of aryl methyl sites for hydroxylation is 4. The zero-order chi connectivity index (χ0) is 45.9. The van der Waals surface area contributed by atoms with Gasteiger partial charge in [0.2, 0.25) is 0 Å². The summed E-state index contributed by atoms with van der Waals surface area (Å²) in [6.07, 6.45) is 6.73. The number of para-hydroxylation sites is 1. The first-order chi connectivity index (χ1) is 30.1. The van der Waals surface area contributed by atoms with Crippen molar-refractivity contribution in [3.63, 3.8) is 0 Å². The lowest BCUT2D eigenvalue weighted by Crippen LogP contribution is -2.63. The van der Waals surface area contributed by atoms with Crippen LogP contribution in [0.1, 0.15) is 143 Å². The average molecular weight is 864 g/mol. The highest BCUT2D eigenvalue weighted by Crippen LogP contribution is 2.42. The summed E-state index contributed by atoms with van der Waals surface area (Å²) in [5, 5.41) is 10.4. The third-order valence-corrected chi connectivity index (χ3v) is 17.0. The molecular weight excluding hydrogens is 781 g/mol. The van der Waals surface area contributed by atoms with E-state index < -0.39 is 0 Å². The van der Waals surface area contributed by atoms with Gasteiger partial charge >= 0.3 is 0 Å². The van der Waals surface area contributed by atoms with Crippen molar-refractivity contribution in [3.05, 3.63) is 87.0 Å². The van der Waals surface area contributed by atoms with E-state index in [9.17, 15) is 14.4 Å². The van der Waals surface area contributed by atoms with E-state index in [4.69, 9.17) is 0 Å². The molecule has 3 saturated heterocycles. The summed E-state index contributed by atoms with van der Waals surface area (Å²) in [4.78, 5) is 42.9. The van der Waals surface area contributed by atoms with E-state index in [-0.39, 0.29) is 41.8 Å². The topological polar surface area (TPSA) is 87.3 Å². The van der Waals surface area contributed by atoms with Gasteiger partial charge in [-0.15, -0.1) is 0 Å². The van der Waals surface area contributed by atoms with E-state index in [0.717, 1.165) is 162 Å². The Hall–Kier alpha value is -4.05. The van der Waals surface area contributed by atoms with Crippen LogP contribution in [-0.4, -0.2) is 108 Å². The van der Waals surface area contributed by atoms with Crippen molar-refractivity contribution in [3.8, 4) is 0 Å². The number of anilines is 3. The molecule has 9 heteroatoms. The van der Waals surface area contributed by atoms with Gasteiger partial charge in [-0.05, 0) is 127 Å². The van der Waals surface area contributed by atoms with Gasteiger partial charge in [-0.2, -0.15) is 0 Å². The monoisotopic (exact) mass is 864 g/mol. The number of likely N-dealkylation sites (tertiary alicyclic amines) is 3. The highest BCUT2D eigenvalue weighted by molar-refractivity contribution is 5.97. The lowest BCUT2D eigenvalue weighted by molar-refractivity contribution is -0.946. The molecule has 6 rings (SSSR count). The van der Waals surface area contributed by atoms with Crippen molar-refractivity contribution in [1.29, 1.82) is 0 Å². The fourth-order valence-corrected chi connectivity index (χ4v) is 13.1. The van der Waals surface area contributed by atoms with Crippen LogP contribution in [-0.2, 0) is 14.4 Å². The number of hydrogen-bond donors (Lipinski definition) is 3. The fraction of sp³-hybridized carbons (Fsp3) is 0.611. The second kappa shape index (κ2) is 20.0. The molecule has 0 aromatic heterocycles. The van der Waals surface area contributed by atoms with Gasteiger partial charge in [-0.1, -0.05) is 56.3 Å². The van der Waals surface area contributed by atoms with Gasteiger partial charge in [0, 0.05) is 61.0 Å². The first-order valence-electron chi connectivity index (χ1n) is 24.8. The molecule has 0 bridgehead atoms. The number of amides is 3. The number of quaternary nitrogens is 3. The number of hydrogen-bond acceptors (Lipinski definition) is 3. The number of likely N-dealkylation sites (N-methyl/N-ethyl adjacent to an activating group) is 3. The lowest BCUT2D eigenvalue weighted by atomic mass is 9.84. The van der Waals surface area contributed by atoms with E-state index in [0.29, 0.717) is 5.92 Å². The number of nitrogens with one attached hydrogen (secondary N) is 3. The Balaban J connectivity index is 1.20. The molecule has 3 fully saturated rings. The summed E-state index contributed by atoms with van der Waals surface area (Å²) >= 11 is 0. The van der Waals surface area contributed by atoms with Crippen LogP contribution in [0.2, 0.25) is 0 Å². The van der Waals surface area contributed by atoms with Gasteiger partial charge in [0.25, 0.3) is 17.7 Å². The summed E-state index contributed by atoms with van der Waals surface area (Å²) in [6, 6.07) is 14.8.